The van der Waals surface area contributed by atoms with Crippen LogP contribution in [-0.2, 0) is 28.7 Å². The maximum absolute atomic E-state index is 15.3. The summed E-state index contributed by atoms with van der Waals surface area (Å²) in [5, 5.41) is 12.8. The first-order valence-electron chi connectivity index (χ1n) is 19.2. The summed E-state index contributed by atoms with van der Waals surface area (Å²) in [7, 11) is 1.69. The second-order valence-electron chi connectivity index (χ2n) is 15.2. The standard InChI is InChI=1S/C44H52BrN3O7/c1-7-10-20-35(50)46(6)28(5)38(30-17-12-11-13-18-30)54-43(53)36-37-41(51)48(34(26-49)27(4)9-3)40(44(37)25-33(45)39(36)55-44)42(52)47(23-8-2)32-22-21-29-16-14-15-19-31(29)24-32/h7-8,11-19,21-22,24,27-28,33-34,36-40,49H,1-2,9-10,20,23,25-26H2,3-6H3/t27-,28-,33?,34-,36-,37+,38+,39-,40-,44+/m0/s1. The fraction of sp³-hybridized carbons (Fsp3) is 0.455. The number of hydrogen-bond donors (Lipinski definition) is 1. The number of esters is 1. The zero-order chi connectivity index (χ0) is 39.6. The lowest BCUT2D eigenvalue weighted by Crippen LogP contribution is -2.60. The van der Waals surface area contributed by atoms with E-state index < -0.39 is 59.6 Å². The number of amides is 3. The highest BCUT2D eigenvalue weighted by Gasteiger charge is 2.78. The van der Waals surface area contributed by atoms with Gasteiger partial charge in [-0.05, 0) is 54.2 Å². The average molecular weight is 815 g/mol. The Balaban J connectivity index is 1.41. The topological polar surface area (TPSA) is 117 Å². The molecule has 3 heterocycles. The van der Waals surface area contributed by atoms with Crippen molar-refractivity contribution in [3.8, 4) is 0 Å². The van der Waals surface area contributed by atoms with Crippen LogP contribution in [0.2, 0.25) is 0 Å². The number of carbonyl (C=O) groups excluding carboxylic acids is 4. The van der Waals surface area contributed by atoms with E-state index >= 15 is 9.59 Å². The van der Waals surface area contributed by atoms with Gasteiger partial charge in [0.25, 0.3) is 5.91 Å². The van der Waals surface area contributed by atoms with E-state index in [1.807, 2.05) is 93.6 Å². The van der Waals surface area contributed by atoms with Crippen molar-refractivity contribution in [1.29, 1.82) is 0 Å². The zero-order valence-electron chi connectivity index (χ0n) is 32.1. The molecule has 0 radical (unpaired) electrons. The summed E-state index contributed by atoms with van der Waals surface area (Å²) in [6.45, 7) is 13.2. The Hall–Kier alpha value is -4.32. The van der Waals surface area contributed by atoms with Crippen molar-refractivity contribution in [1.82, 2.24) is 9.80 Å². The van der Waals surface area contributed by atoms with E-state index in [9.17, 15) is 14.7 Å². The van der Waals surface area contributed by atoms with Crippen molar-refractivity contribution in [2.24, 2.45) is 17.8 Å². The molecule has 3 aliphatic rings. The van der Waals surface area contributed by atoms with Crippen molar-refractivity contribution < 1.29 is 33.8 Å². The van der Waals surface area contributed by atoms with Gasteiger partial charge in [-0.15, -0.1) is 13.2 Å². The van der Waals surface area contributed by atoms with Crippen LogP contribution in [0.25, 0.3) is 10.8 Å². The molecule has 0 aromatic heterocycles. The lowest BCUT2D eigenvalue weighted by atomic mass is 9.70. The zero-order valence-corrected chi connectivity index (χ0v) is 33.6. The smallest absolute Gasteiger partial charge is 0.313 e. The van der Waals surface area contributed by atoms with E-state index in [0.717, 1.165) is 10.8 Å². The van der Waals surface area contributed by atoms with E-state index in [2.05, 4.69) is 29.1 Å². The Morgan fingerprint density at radius 2 is 1.75 bits per heavy atom. The summed E-state index contributed by atoms with van der Waals surface area (Å²) >= 11 is 3.78. The summed E-state index contributed by atoms with van der Waals surface area (Å²) in [5.41, 5.74) is -0.0646. The molecule has 6 rings (SSSR count). The molecule has 3 aromatic carbocycles. The van der Waals surface area contributed by atoms with E-state index in [4.69, 9.17) is 9.47 Å². The number of carbonyl (C=O) groups is 4. The third kappa shape index (κ3) is 7.27. The van der Waals surface area contributed by atoms with Crippen LogP contribution in [0.5, 0.6) is 0 Å². The number of nitrogens with zero attached hydrogens (tertiary/aromatic N) is 3. The number of likely N-dealkylation sites (tertiary alicyclic amines) is 1. The molecule has 55 heavy (non-hydrogen) atoms. The second-order valence-corrected chi connectivity index (χ2v) is 16.3. The molecule has 3 aliphatic heterocycles. The number of fused-ring (bicyclic) bond motifs is 2. The van der Waals surface area contributed by atoms with Crippen LogP contribution in [0.3, 0.4) is 0 Å². The quantitative estimate of drug-likeness (QED) is 0.0984. The highest BCUT2D eigenvalue weighted by atomic mass is 79.9. The molecule has 10 nitrogen and oxygen atoms in total. The van der Waals surface area contributed by atoms with Gasteiger partial charge in [0.1, 0.15) is 17.7 Å². The number of alkyl halides is 1. The number of halogens is 1. The molecule has 10 atom stereocenters. The van der Waals surface area contributed by atoms with E-state index in [-0.39, 0.29) is 42.1 Å². The molecule has 11 heteroatoms. The van der Waals surface area contributed by atoms with Crippen molar-refractivity contribution in [3.63, 3.8) is 0 Å². The number of allylic oxidation sites excluding steroid dienone is 1. The number of ether oxygens (including phenoxy) is 2. The second kappa shape index (κ2) is 16.8. The van der Waals surface area contributed by atoms with Crippen LogP contribution < -0.4 is 4.90 Å². The van der Waals surface area contributed by atoms with Gasteiger partial charge < -0.3 is 29.3 Å². The third-order valence-electron chi connectivity index (χ3n) is 12.1. The average Bonchev–Trinajstić information content (AvgIpc) is 3.80. The highest BCUT2D eigenvalue weighted by Crippen LogP contribution is 2.61. The number of aliphatic hydroxyl groups is 1. The van der Waals surface area contributed by atoms with Crippen LogP contribution in [0, 0.1) is 17.8 Å². The van der Waals surface area contributed by atoms with Gasteiger partial charge >= 0.3 is 5.97 Å². The van der Waals surface area contributed by atoms with Gasteiger partial charge in [0.15, 0.2) is 0 Å². The fourth-order valence-electron chi connectivity index (χ4n) is 8.86. The van der Waals surface area contributed by atoms with Crippen molar-refractivity contribution >= 4 is 56.1 Å². The van der Waals surface area contributed by atoms with Gasteiger partial charge in [-0.3, -0.25) is 19.2 Å². The maximum Gasteiger partial charge on any atom is 0.313 e. The van der Waals surface area contributed by atoms with E-state index in [1.165, 1.54) is 4.90 Å². The van der Waals surface area contributed by atoms with Crippen molar-refractivity contribution in [2.45, 2.75) is 87.2 Å². The van der Waals surface area contributed by atoms with Gasteiger partial charge in [0, 0.05) is 30.5 Å². The van der Waals surface area contributed by atoms with Crippen molar-refractivity contribution in [3.05, 3.63) is 104 Å². The first-order chi connectivity index (χ1) is 26.4. The van der Waals surface area contributed by atoms with Gasteiger partial charge in [-0.1, -0.05) is 109 Å². The van der Waals surface area contributed by atoms with Crippen LogP contribution >= 0.6 is 15.9 Å². The van der Waals surface area contributed by atoms with Crippen LogP contribution in [0.15, 0.2) is 98.1 Å². The first kappa shape index (κ1) is 40.3. The molecule has 1 N–H and O–H groups in total. The number of hydrogen-bond acceptors (Lipinski definition) is 7. The number of aliphatic hydroxyl groups excluding tert-OH is 1. The Morgan fingerprint density at radius 1 is 1.05 bits per heavy atom. The highest BCUT2D eigenvalue weighted by molar-refractivity contribution is 9.09. The molecule has 1 spiro atoms. The van der Waals surface area contributed by atoms with E-state index in [0.29, 0.717) is 30.5 Å². The molecule has 3 saturated heterocycles. The summed E-state index contributed by atoms with van der Waals surface area (Å²) in [4.78, 5) is 62.6. The van der Waals surface area contributed by atoms with Crippen molar-refractivity contribution in [2.75, 3.05) is 25.1 Å². The molecule has 292 valence electrons. The molecule has 0 saturated carbocycles. The Morgan fingerprint density at radius 3 is 2.40 bits per heavy atom. The lowest BCUT2D eigenvalue weighted by molar-refractivity contribution is -0.165. The van der Waals surface area contributed by atoms with Crippen LogP contribution in [0.1, 0.15) is 58.1 Å². The fourth-order valence-corrected chi connectivity index (χ4v) is 9.80. The SMILES string of the molecule is C=CCCC(=O)N(C)[C@@H](C)[C@@H](OC(=O)[C@@H]1[C@H]2O[C@@]3(CC2Br)[C@H](C(=O)N(CC=C)c2ccc4ccccc4c2)N([C@@H](CO)[C@@H](C)CC)C(=O)[C@@H]13)c1ccccc1. The summed E-state index contributed by atoms with van der Waals surface area (Å²) in [6.07, 6.45) is 3.42. The Kier molecular flexibility index (Phi) is 12.3. The molecule has 1 unspecified atom stereocenters. The minimum absolute atomic E-state index is 0.120. The predicted molar refractivity (Wildman–Crippen MR) is 216 cm³/mol. The first-order valence-corrected chi connectivity index (χ1v) is 20.1. The molecule has 0 aliphatic carbocycles. The van der Waals surface area contributed by atoms with Crippen LogP contribution in [-0.4, -0.2) is 93.5 Å². The molecular weight excluding hydrogens is 762 g/mol. The molecule has 3 amide bonds. The summed E-state index contributed by atoms with van der Waals surface area (Å²) in [5.74, 6) is -3.84. The Bertz CT molecular complexity index is 1920. The Labute approximate surface area is 332 Å². The monoisotopic (exact) mass is 813 g/mol. The molecule has 2 bridgehead atoms. The number of rotatable bonds is 16. The molecular formula is C44H52BrN3O7. The normalized spacial score (nSPS) is 26.2. The van der Waals surface area contributed by atoms with Crippen LogP contribution in [0.4, 0.5) is 5.69 Å². The third-order valence-corrected chi connectivity index (χ3v) is 12.9. The maximum atomic E-state index is 15.3. The minimum atomic E-state index is -1.39. The van der Waals surface area contributed by atoms with Gasteiger partial charge in [0.2, 0.25) is 11.8 Å². The minimum Gasteiger partial charge on any atom is -0.455 e. The van der Waals surface area contributed by atoms with Gasteiger partial charge in [-0.25, -0.2) is 0 Å². The number of anilines is 1. The number of likely N-dealkylation sites (N-methyl/N-ethyl adjacent to an activating group) is 1. The lowest BCUT2D eigenvalue weighted by Gasteiger charge is -2.41. The van der Waals surface area contributed by atoms with Gasteiger partial charge in [-0.2, -0.15) is 0 Å². The molecule has 3 aromatic rings. The number of benzene rings is 3. The van der Waals surface area contributed by atoms with E-state index in [1.54, 1.807) is 29.0 Å². The summed E-state index contributed by atoms with van der Waals surface area (Å²) < 4.78 is 13.3. The largest absolute Gasteiger partial charge is 0.455 e. The summed E-state index contributed by atoms with van der Waals surface area (Å²) in [6, 6.07) is 20.5. The van der Waals surface area contributed by atoms with Gasteiger partial charge in [0.05, 0.1) is 36.6 Å². The molecule has 3 fully saturated rings. The predicted octanol–water partition coefficient (Wildman–Crippen LogP) is 6.61.